The summed E-state index contributed by atoms with van der Waals surface area (Å²) in [4.78, 5) is 18.3. The zero-order valence-corrected chi connectivity index (χ0v) is 12.0. The van der Waals surface area contributed by atoms with E-state index >= 15 is 0 Å². The standard InChI is InChI=1S/C15H23N3O2/c1-2-18(10-13-6-8-20-12-13)11-15(19)17-9-14-5-3-4-7-16-14/h3-5,7,13H,2,6,8-12H2,1H3,(H,17,19). The van der Waals surface area contributed by atoms with Crippen molar-refractivity contribution in [3.63, 3.8) is 0 Å². The van der Waals surface area contributed by atoms with E-state index in [0.29, 0.717) is 19.0 Å². The van der Waals surface area contributed by atoms with Gasteiger partial charge in [-0.3, -0.25) is 14.7 Å². The van der Waals surface area contributed by atoms with Crippen LogP contribution in [-0.2, 0) is 16.1 Å². The average Bonchev–Trinajstić information content (AvgIpc) is 2.98. The Bertz CT molecular complexity index is 405. The second kappa shape index (κ2) is 7.97. The maximum absolute atomic E-state index is 11.9. The lowest BCUT2D eigenvalue weighted by atomic mass is 10.1. The summed E-state index contributed by atoms with van der Waals surface area (Å²) in [5, 5.41) is 2.91. The van der Waals surface area contributed by atoms with Gasteiger partial charge in [0.25, 0.3) is 0 Å². The second-order valence-electron chi connectivity index (χ2n) is 5.16. The fraction of sp³-hybridized carbons (Fsp3) is 0.600. The molecule has 0 saturated carbocycles. The largest absolute Gasteiger partial charge is 0.381 e. The summed E-state index contributed by atoms with van der Waals surface area (Å²) in [5.41, 5.74) is 0.882. The minimum absolute atomic E-state index is 0.0522. The maximum Gasteiger partial charge on any atom is 0.234 e. The fourth-order valence-electron chi connectivity index (χ4n) is 2.35. The predicted octanol–water partition coefficient (Wildman–Crippen LogP) is 1.06. The number of ether oxygens (including phenoxy) is 1. The van der Waals surface area contributed by atoms with Crippen molar-refractivity contribution in [3.05, 3.63) is 30.1 Å². The van der Waals surface area contributed by atoms with Crippen molar-refractivity contribution >= 4 is 5.91 Å². The maximum atomic E-state index is 11.9. The van der Waals surface area contributed by atoms with E-state index in [9.17, 15) is 4.79 Å². The first-order chi connectivity index (χ1) is 9.78. The van der Waals surface area contributed by atoms with E-state index < -0.39 is 0 Å². The van der Waals surface area contributed by atoms with Crippen LogP contribution in [0.1, 0.15) is 19.0 Å². The number of rotatable bonds is 7. The summed E-state index contributed by atoms with van der Waals surface area (Å²) in [5.74, 6) is 0.620. The van der Waals surface area contributed by atoms with E-state index in [4.69, 9.17) is 4.74 Å². The smallest absolute Gasteiger partial charge is 0.234 e. The molecule has 0 radical (unpaired) electrons. The zero-order chi connectivity index (χ0) is 14.2. The Morgan fingerprint density at radius 2 is 2.45 bits per heavy atom. The third-order valence-corrected chi connectivity index (χ3v) is 3.55. The van der Waals surface area contributed by atoms with Crippen molar-refractivity contribution in [1.82, 2.24) is 15.2 Å². The number of hydrogen-bond donors (Lipinski definition) is 1. The van der Waals surface area contributed by atoms with Crippen molar-refractivity contribution in [2.75, 3.05) is 32.8 Å². The van der Waals surface area contributed by atoms with Crippen molar-refractivity contribution in [2.45, 2.75) is 19.9 Å². The third kappa shape index (κ3) is 4.90. The lowest BCUT2D eigenvalue weighted by Gasteiger charge is -2.22. The molecule has 0 spiro atoms. The molecule has 1 aliphatic rings. The van der Waals surface area contributed by atoms with Crippen molar-refractivity contribution < 1.29 is 9.53 Å². The molecule has 0 aromatic carbocycles. The first-order valence-corrected chi connectivity index (χ1v) is 7.24. The summed E-state index contributed by atoms with van der Waals surface area (Å²) in [6.45, 7) is 6.52. The molecule has 1 amide bonds. The highest BCUT2D eigenvalue weighted by Crippen LogP contribution is 2.13. The molecule has 20 heavy (non-hydrogen) atoms. The van der Waals surface area contributed by atoms with E-state index in [2.05, 4.69) is 22.1 Å². The number of nitrogens with one attached hydrogen (secondary N) is 1. The van der Waals surface area contributed by atoms with Crippen LogP contribution >= 0.6 is 0 Å². The fourth-order valence-corrected chi connectivity index (χ4v) is 2.35. The number of carbonyl (C=O) groups excluding carboxylic acids is 1. The molecule has 0 aliphatic carbocycles. The lowest BCUT2D eigenvalue weighted by molar-refractivity contribution is -0.122. The molecular formula is C15H23N3O2. The summed E-state index contributed by atoms with van der Waals surface area (Å²) in [6, 6.07) is 5.70. The normalized spacial score (nSPS) is 18.4. The molecule has 1 atom stereocenters. The molecule has 0 bridgehead atoms. The summed E-state index contributed by atoms with van der Waals surface area (Å²) < 4.78 is 5.38. The molecule has 110 valence electrons. The van der Waals surface area contributed by atoms with Gasteiger partial charge in [0.1, 0.15) is 0 Å². The van der Waals surface area contributed by atoms with Gasteiger partial charge in [-0.15, -0.1) is 0 Å². The van der Waals surface area contributed by atoms with Crippen LogP contribution in [-0.4, -0.2) is 48.6 Å². The molecule has 2 rings (SSSR count). The number of pyridine rings is 1. The second-order valence-corrected chi connectivity index (χ2v) is 5.16. The summed E-state index contributed by atoms with van der Waals surface area (Å²) in [6.07, 6.45) is 2.84. The topological polar surface area (TPSA) is 54.5 Å². The van der Waals surface area contributed by atoms with Gasteiger partial charge in [0.15, 0.2) is 0 Å². The van der Waals surface area contributed by atoms with Gasteiger partial charge >= 0.3 is 0 Å². The zero-order valence-electron chi connectivity index (χ0n) is 12.0. The monoisotopic (exact) mass is 277 g/mol. The molecule has 1 aromatic rings. The van der Waals surface area contributed by atoms with E-state index in [1.54, 1.807) is 6.20 Å². The highest BCUT2D eigenvalue weighted by Gasteiger charge is 2.19. The molecule has 1 saturated heterocycles. The minimum Gasteiger partial charge on any atom is -0.381 e. The van der Waals surface area contributed by atoms with Crippen LogP contribution < -0.4 is 5.32 Å². The molecule has 1 fully saturated rings. The van der Waals surface area contributed by atoms with Crippen molar-refractivity contribution in [2.24, 2.45) is 5.92 Å². The van der Waals surface area contributed by atoms with Gasteiger partial charge in [-0.05, 0) is 31.0 Å². The number of amides is 1. The van der Waals surface area contributed by atoms with Gasteiger partial charge < -0.3 is 10.1 Å². The van der Waals surface area contributed by atoms with Crippen molar-refractivity contribution in [3.8, 4) is 0 Å². The third-order valence-electron chi connectivity index (χ3n) is 3.55. The van der Waals surface area contributed by atoms with Crippen LogP contribution in [0.25, 0.3) is 0 Å². The minimum atomic E-state index is 0.0522. The van der Waals surface area contributed by atoms with Crippen LogP contribution in [0, 0.1) is 5.92 Å². The number of hydrogen-bond acceptors (Lipinski definition) is 4. The molecule has 1 aromatic heterocycles. The lowest BCUT2D eigenvalue weighted by Crippen LogP contribution is -2.39. The Morgan fingerprint density at radius 3 is 3.10 bits per heavy atom. The Hall–Kier alpha value is -1.46. The highest BCUT2D eigenvalue weighted by molar-refractivity contribution is 5.77. The Kier molecular flexibility index (Phi) is 5.95. The molecular weight excluding hydrogens is 254 g/mol. The van der Waals surface area contributed by atoms with Gasteiger partial charge in [0, 0.05) is 19.3 Å². The van der Waals surface area contributed by atoms with E-state index in [1.165, 1.54) is 0 Å². The van der Waals surface area contributed by atoms with Gasteiger partial charge in [-0.1, -0.05) is 13.0 Å². The van der Waals surface area contributed by atoms with Gasteiger partial charge in [-0.25, -0.2) is 0 Å². The van der Waals surface area contributed by atoms with Crippen LogP contribution in [0.2, 0.25) is 0 Å². The van der Waals surface area contributed by atoms with Gasteiger partial charge in [0.05, 0.1) is 25.4 Å². The first kappa shape index (κ1) is 14.9. The Labute approximate surface area is 120 Å². The summed E-state index contributed by atoms with van der Waals surface area (Å²) in [7, 11) is 0. The number of likely N-dealkylation sites (N-methyl/N-ethyl adjacent to an activating group) is 1. The van der Waals surface area contributed by atoms with Crippen LogP contribution in [0.4, 0.5) is 0 Å². The number of nitrogens with zero attached hydrogens (tertiary/aromatic N) is 2. The number of aromatic nitrogens is 1. The van der Waals surface area contributed by atoms with Crippen LogP contribution in [0.15, 0.2) is 24.4 Å². The average molecular weight is 277 g/mol. The molecule has 1 unspecified atom stereocenters. The van der Waals surface area contributed by atoms with E-state index in [1.807, 2.05) is 18.2 Å². The van der Waals surface area contributed by atoms with Gasteiger partial charge in [0.2, 0.25) is 5.91 Å². The molecule has 5 heteroatoms. The molecule has 5 nitrogen and oxygen atoms in total. The first-order valence-electron chi connectivity index (χ1n) is 7.24. The quantitative estimate of drug-likeness (QED) is 0.809. The Morgan fingerprint density at radius 1 is 1.55 bits per heavy atom. The Balaban J connectivity index is 1.71. The van der Waals surface area contributed by atoms with E-state index in [0.717, 1.165) is 38.4 Å². The van der Waals surface area contributed by atoms with Crippen LogP contribution in [0.5, 0.6) is 0 Å². The molecule has 1 aliphatic heterocycles. The van der Waals surface area contributed by atoms with Crippen molar-refractivity contribution in [1.29, 1.82) is 0 Å². The molecule has 2 heterocycles. The predicted molar refractivity (Wildman–Crippen MR) is 77.1 cm³/mol. The SMILES string of the molecule is CCN(CC(=O)NCc1ccccn1)CC1CCOC1. The molecule has 1 N–H and O–H groups in total. The van der Waals surface area contributed by atoms with Crippen LogP contribution in [0.3, 0.4) is 0 Å². The summed E-state index contributed by atoms with van der Waals surface area (Å²) >= 11 is 0. The highest BCUT2D eigenvalue weighted by atomic mass is 16.5. The van der Waals surface area contributed by atoms with E-state index in [-0.39, 0.29) is 5.91 Å². The van der Waals surface area contributed by atoms with Gasteiger partial charge in [-0.2, -0.15) is 0 Å². The number of carbonyl (C=O) groups is 1.